The van der Waals surface area contributed by atoms with Gasteiger partial charge in [-0.15, -0.1) is 0 Å². The molecule has 0 radical (unpaired) electrons. The Morgan fingerprint density at radius 1 is 1.19 bits per heavy atom. The molecule has 2 aromatic heterocycles. The largest absolute Gasteiger partial charge is 0.383 e. The van der Waals surface area contributed by atoms with Gasteiger partial charge in [-0.3, -0.25) is 4.79 Å². The van der Waals surface area contributed by atoms with Crippen LogP contribution in [0.2, 0.25) is 0 Å². The number of nitrogens with zero attached hydrogens (tertiary/aromatic N) is 2. The molecule has 0 aliphatic rings. The molecule has 0 aliphatic heterocycles. The number of amides is 1. The van der Waals surface area contributed by atoms with Gasteiger partial charge < -0.3 is 14.5 Å². The van der Waals surface area contributed by atoms with Gasteiger partial charge in [-0.05, 0) is 36.6 Å². The number of carbonyl (C=O) groups excluding carboxylic acids is 1. The standard InChI is InChI=1S/C21H25N3O2/c1-15-7-4-5-9-17(15)18(13-20(25)22-10-12-26-3)19-14-23-21-16(2)8-6-11-24(19)21/h4-9,11,14,18H,10,12-13H2,1-3H3,(H,22,25). The Morgan fingerprint density at radius 2 is 1.96 bits per heavy atom. The van der Waals surface area contributed by atoms with E-state index in [4.69, 9.17) is 4.74 Å². The fourth-order valence-electron chi connectivity index (χ4n) is 3.33. The van der Waals surface area contributed by atoms with Crippen LogP contribution in [0.1, 0.15) is 34.7 Å². The first-order chi connectivity index (χ1) is 12.6. The molecule has 5 nitrogen and oxygen atoms in total. The summed E-state index contributed by atoms with van der Waals surface area (Å²) in [4.78, 5) is 17.1. The second-order valence-electron chi connectivity index (χ2n) is 6.52. The summed E-state index contributed by atoms with van der Waals surface area (Å²) in [5.41, 5.74) is 5.40. The number of imidazole rings is 1. The molecule has 0 bridgehead atoms. The lowest BCUT2D eigenvalue weighted by atomic mass is 9.89. The Bertz CT molecular complexity index is 901. The molecule has 0 aliphatic carbocycles. The number of methoxy groups -OCH3 is 1. The predicted molar refractivity (Wildman–Crippen MR) is 102 cm³/mol. The van der Waals surface area contributed by atoms with Gasteiger partial charge >= 0.3 is 0 Å². The van der Waals surface area contributed by atoms with Crippen LogP contribution in [-0.4, -0.2) is 35.6 Å². The Balaban J connectivity index is 1.99. The first-order valence-corrected chi connectivity index (χ1v) is 8.85. The average Bonchev–Trinajstić information content (AvgIpc) is 3.06. The van der Waals surface area contributed by atoms with E-state index in [9.17, 15) is 4.79 Å². The zero-order valence-corrected chi connectivity index (χ0v) is 15.5. The van der Waals surface area contributed by atoms with Gasteiger partial charge in [-0.25, -0.2) is 4.98 Å². The van der Waals surface area contributed by atoms with Crippen LogP contribution in [0.15, 0.2) is 48.8 Å². The van der Waals surface area contributed by atoms with Crippen molar-refractivity contribution in [3.05, 3.63) is 71.2 Å². The molecule has 0 spiro atoms. The molecule has 136 valence electrons. The van der Waals surface area contributed by atoms with Crippen LogP contribution in [0, 0.1) is 13.8 Å². The molecule has 1 atom stereocenters. The highest BCUT2D eigenvalue weighted by molar-refractivity contribution is 5.77. The lowest BCUT2D eigenvalue weighted by molar-refractivity contribution is -0.121. The Hall–Kier alpha value is -2.66. The van der Waals surface area contributed by atoms with Gasteiger partial charge in [-0.1, -0.05) is 30.3 Å². The lowest BCUT2D eigenvalue weighted by Gasteiger charge is -2.19. The molecule has 2 heterocycles. The number of hydrogen-bond acceptors (Lipinski definition) is 3. The molecule has 0 saturated carbocycles. The van der Waals surface area contributed by atoms with Crippen LogP contribution in [0.3, 0.4) is 0 Å². The van der Waals surface area contributed by atoms with Crippen LogP contribution in [0.4, 0.5) is 0 Å². The Kier molecular flexibility index (Phi) is 5.68. The third-order valence-electron chi connectivity index (χ3n) is 4.70. The minimum Gasteiger partial charge on any atom is -0.383 e. The van der Waals surface area contributed by atoms with Crippen molar-refractivity contribution in [2.75, 3.05) is 20.3 Å². The van der Waals surface area contributed by atoms with E-state index in [1.165, 1.54) is 5.56 Å². The first kappa shape index (κ1) is 18.1. The third-order valence-corrected chi connectivity index (χ3v) is 4.70. The minimum absolute atomic E-state index is 0.0120. The van der Waals surface area contributed by atoms with Crippen molar-refractivity contribution in [2.45, 2.75) is 26.2 Å². The molecule has 0 fully saturated rings. The maximum Gasteiger partial charge on any atom is 0.221 e. The molecule has 0 saturated heterocycles. The number of hydrogen-bond donors (Lipinski definition) is 1. The van der Waals surface area contributed by atoms with Crippen molar-refractivity contribution < 1.29 is 9.53 Å². The summed E-state index contributed by atoms with van der Waals surface area (Å²) in [5, 5.41) is 2.93. The summed E-state index contributed by atoms with van der Waals surface area (Å²) in [6.45, 7) is 5.16. The second-order valence-corrected chi connectivity index (χ2v) is 6.52. The number of benzene rings is 1. The first-order valence-electron chi connectivity index (χ1n) is 8.85. The highest BCUT2D eigenvalue weighted by Gasteiger charge is 2.23. The number of aryl methyl sites for hydroxylation is 2. The highest BCUT2D eigenvalue weighted by atomic mass is 16.5. The van der Waals surface area contributed by atoms with E-state index >= 15 is 0 Å². The van der Waals surface area contributed by atoms with Gasteiger partial charge in [0.1, 0.15) is 5.65 Å². The molecular weight excluding hydrogens is 326 g/mol. The summed E-state index contributed by atoms with van der Waals surface area (Å²) in [6.07, 6.45) is 4.27. The number of pyridine rings is 1. The fourth-order valence-corrected chi connectivity index (χ4v) is 3.33. The SMILES string of the molecule is COCCNC(=O)CC(c1ccccc1C)c1cnc2c(C)cccn12. The van der Waals surface area contributed by atoms with Crippen molar-refractivity contribution in [1.29, 1.82) is 0 Å². The van der Waals surface area contributed by atoms with E-state index in [0.29, 0.717) is 19.6 Å². The minimum atomic E-state index is -0.0597. The zero-order valence-electron chi connectivity index (χ0n) is 15.5. The molecule has 1 N–H and O–H groups in total. The number of nitrogens with one attached hydrogen (secondary N) is 1. The molecule has 1 aromatic carbocycles. The lowest BCUT2D eigenvalue weighted by Crippen LogP contribution is -2.28. The van der Waals surface area contributed by atoms with Crippen molar-refractivity contribution in [3.63, 3.8) is 0 Å². The molecule has 26 heavy (non-hydrogen) atoms. The van der Waals surface area contributed by atoms with Crippen LogP contribution >= 0.6 is 0 Å². The Morgan fingerprint density at radius 3 is 2.73 bits per heavy atom. The number of fused-ring (bicyclic) bond motifs is 1. The molecule has 1 amide bonds. The maximum absolute atomic E-state index is 12.5. The van der Waals surface area contributed by atoms with Gasteiger partial charge in [0, 0.05) is 38.4 Å². The maximum atomic E-state index is 12.5. The van der Waals surface area contributed by atoms with E-state index < -0.39 is 0 Å². The normalized spacial score (nSPS) is 12.3. The Labute approximate surface area is 154 Å². The predicted octanol–water partition coefficient (Wildman–Crippen LogP) is 3.24. The summed E-state index contributed by atoms with van der Waals surface area (Å²) >= 11 is 0. The monoisotopic (exact) mass is 351 g/mol. The van der Waals surface area contributed by atoms with E-state index in [1.807, 2.05) is 43.6 Å². The molecule has 1 unspecified atom stereocenters. The van der Waals surface area contributed by atoms with Crippen molar-refractivity contribution >= 4 is 11.6 Å². The number of rotatable bonds is 7. The summed E-state index contributed by atoms with van der Waals surface area (Å²) < 4.78 is 7.11. The third kappa shape index (κ3) is 3.78. The fraction of sp³-hybridized carbons (Fsp3) is 0.333. The molecule has 5 heteroatoms. The van der Waals surface area contributed by atoms with Crippen LogP contribution in [0.5, 0.6) is 0 Å². The smallest absolute Gasteiger partial charge is 0.221 e. The molecular formula is C21H25N3O2. The number of aromatic nitrogens is 2. The second kappa shape index (κ2) is 8.15. The van der Waals surface area contributed by atoms with E-state index in [2.05, 4.69) is 33.8 Å². The van der Waals surface area contributed by atoms with Crippen LogP contribution in [-0.2, 0) is 9.53 Å². The van der Waals surface area contributed by atoms with Gasteiger partial charge in [0.05, 0.1) is 12.3 Å². The quantitative estimate of drug-likeness (QED) is 0.665. The zero-order chi connectivity index (χ0) is 18.5. The van der Waals surface area contributed by atoms with Crippen molar-refractivity contribution in [1.82, 2.24) is 14.7 Å². The molecule has 3 aromatic rings. The number of carbonyl (C=O) groups is 1. The van der Waals surface area contributed by atoms with Gasteiger partial charge in [0.15, 0.2) is 0 Å². The van der Waals surface area contributed by atoms with Crippen molar-refractivity contribution in [3.8, 4) is 0 Å². The van der Waals surface area contributed by atoms with Crippen LogP contribution in [0.25, 0.3) is 5.65 Å². The van der Waals surface area contributed by atoms with Gasteiger partial charge in [-0.2, -0.15) is 0 Å². The van der Waals surface area contributed by atoms with E-state index in [-0.39, 0.29) is 11.8 Å². The van der Waals surface area contributed by atoms with Gasteiger partial charge in [0.25, 0.3) is 0 Å². The topological polar surface area (TPSA) is 55.6 Å². The summed E-state index contributed by atoms with van der Waals surface area (Å²) in [5.74, 6) is -0.0477. The van der Waals surface area contributed by atoms with Crippen molar-refractivity contribution in [2.24, 2.45) is 0 Å². The molecule has 3 rings (SSSR count). The summed E-state index contributed by atoms with van der Waals surface area (Å²) in [6, 6.07) is 12.3. The van der Waals surface area contributed by atoms with Crippen LogP contribution < -0.4 is 5.32 Å². The average molecular weight is 351 g/mol. The summed E-state index contributed by atoms with van der Waals surface area (Å²) in [7, 11) is 1.63. The number of ether oxygens (including phenoxy) is 1. The highest BCUT2D eigenvalue weighted by Crippen LogP contribution is 2.31. The van der Waals surface area contributed by atoms with E-state index in [1.54, 1.807) is 7.11 Å². The van der Waals surface area contributed by atoms with Gasteiger partial charge in [0.2, 0.25) is 5.91 Å². The van der Waals surface area contributed by atoms with E-state index in [0.717, 1.165) is 22.5 Å².